The Hall–Kier alpha value is -0.590. The molecule has 6 heteroatoms. The Balaban J connectivity index is 4.11. The van der Waals surface area contributed by atoms with Crippen LogP contribution in [0.5, 0.6) is 0 Å². The maximum absolute atomic E-state index is 10.8. The first kappa shape index (κ1) is 10.4. The summed E-state index contributed by atoms with van der Waals surface area (Å²) >= 11 is 0. The third kappa shape index (κ3) is 5.84. The van der Waals surface area contributed by atoms with Crippen LogP contribution in [0.25, 0.3) is 0 Å². The molecule has 0 fully saturated rings. The minimum Gasteiger partial charge on any atom is -0.480 e. The average molecular weight is 180 g/mol. The van der Waals surface area contributed by atoms with Gasteiger partial charge in [0, 0.05) is 22.4 Å². The number of hydrogen-bond donors (Lipinski definition) is 3. The van der Waals surface area contributed by atoms with E-state index in [-0.39, 0.29) is 6.42 Å². The zero-order valence-corrected chi connectivity index (χ0v) is 7.00. The number of carboxylic acid groups (broad SMARTS) is 1. The molecule has 0 radical (unpaired) electrons. The van der Waals surface area contributed by atoms with Crippen molar-refractivity contribution in [2.75, 3.05) is 6.26 Å². The fraction of sp³-hybridized carbons (Fsp3) is 0.600. The lowest BCUT2D eigenvalue weighted by atomic mass is 10.2. The Morgan fingerprint density at radius 1 is 1.82 bits per heavy atom. The third-order valence-electron chi connectivity index (χ3n) is 0.998. The van der Waals surface area contributed by atoms with Crippen LogP contribution in [-0.4, -0.2) is 32.9 Å². The predicted molar refractivity (Wildman–Crippen MR) is 44.5 cm³/mol. The van der Waals surface area contributed by atoms with E-state index in [2.05, 4.69) is 0 Å². The van der Waals surface area contributed by atoms with Gasteiger partial charge in [0.2, 0.25) is 0 Å². The van der Waals surface area contributed by atoms with E-state index in [9.17, 15) is 9.00 Å². The van der Waals surface area contributed by atoms with E-state index < -0.39 is 21.7 Å². The molecule has 0 saturated heterocycles. The fourth-order valence-corrected chi connectivity index (χ4v) is 0.985. The SMILES string of the molecule is CS(N)(=O)=CC[C@H](N)C(=O)O. The summed E-state index contributed by atoms with van der Waals surface area (Å²) < 4.78 is 10.8. The summed E-state index contributed by atoms with van der Waals surface area (Å²) in [6.45, 7) is 0. The molecule has 66 valence electrons. The van der Waals surface area contributed by atoms with E-state index >= 15 is 0 Å². The second-order valence-electron chi connectivity index (χ2n) is 2.31. The highest BCUT2D eigenvalue weighted by atomic mass is 32.2. The lowest BCUT2D eigenvalue weighted by Crippen LogP contribution is -2.31. The van der Waals surface area contributed by atoms with Crippen LogP contribution in [0.3, 0.4) is 0 Å². The van der Waals surface area contributed by atoms with Gasteiger partial charge in [-0.05, 0) is 5.37 Å². The van der Waals surface area contributed by atoms with Gasteiger partial charge in [-0.1, -0.05) is 0 Å². The van der Waals surface area contributed by atoms with Gasteiger partial charge >= 0.3 is 5.97 Å². The van der Waals surface area contributed by atoms with Crippen molar-refractivity contribution in [3.05, 3.63) is 0 Å². The molecular formula is C5H12N2O3S. The second-order valence-corrected chi connectivity index (χ2v) is 4.58. The smallest absolute Gasteiger partial charge is 0.320 e. The van der Waals surface area contributed by atoms with Crippen LogP contribution in [0.2, 0.25) is 0 Å². The van der Waals surface area contributed by atoms with E-state index in [4.69, 9.17) is 16.0 Å². The molecule has 0 bridgehead atoms. The van der Waals surface area contributed by atoms with Gasteiger partial charge in [-0.15, -0.1) is 0 Å². The van der Waals surface area contributed by atoms with Crippen LogP contribution in [0.15, 0.2) is 0 Å². The second kappa shape index (κ2) is 3.70. The maximum atomic E-state index is 10.8. The molecule has 0 aromatic carbocycles. The van der Waals surface area contributed by atoms with E-state index in [1.54, 1.807) is 0 Å². The number of nitrogens with two attached hydrogens (primary N) is 2. The van der Waals surface area contributed by atoms with Gasteiger partial charge in [-0.2, -0.15) is 0 Å². The number of aliphatic carboxylic acids is 1. The highest BCUT2D eigenvalue weighted by Gasteiger charge is 2.09. The minimum absolute atomic E-state index is 0.0289. The van der Waals surface area contributed by atoms with Crippen molar-refractivity contribution in [3.63, 3.8) is 0 Å². The first-order valence-corrected chi connectivity index (χ1v) is 5.01. The van der Waals surface area contributed by atoms with Gasteiger partial charge in [0.15, 0.2) is 0 Å². The molecule has 0 spiro atoms. The normalized spacial score (nSPS) is 18.5. The Kier molecular flexibility index (Phi) is 3.50. The molecule has 0 heterocycles. The first-order chi connectivity index (χ1) is 4.83. The van der Waals surface area contributed by atoms with Crippen LogP contribution < -0.4 is 10.9 Å². The molecule has 0 amide bonds. The van der Waals surface area contributed by atoms with Crippen molar-refractivity contribution in [2.45, 2.75) is 12.5 Å². The molecule has 0 aliphatic rings. The highest BCUT2D eigenvalue weighted by molar-refractivity contribution is 7.98. The van der Waals surface area contributed by atoms with Gasteiger partial charge in [-0.3, -0.25) is 14.1 Å². The zero-order valence-electron chi connectivity index (χ0n) is 6.19. The molecule has 0 aliphatic heterocycles. The summed E-state index contributed by atoms with van der Waals surface area (Å²) in [5.41, 5.74) is 5.11. The Labute approximate surface area is 65.5 Å². The van der Waals surface area contributed by atoms with E-state index in [1.165, 1.54) is 11.6 Å². The molecule has 2 atom stereocenters. The summed E-state index contributed by atoms with van der Waals surface area (Å²) in [5, 5.41) is 14.6. The zero-order chi connectivity index (χ0) is 9.07. The molecule has 5 N–H and O–H groups in total. The van der Waals surface area contributed by atoms with Crippen LogP contribution in [-0.2, 0) is 14.5 Å². The molecule has 0 aromatic heterocycles. The standard InChI is InChI=1S/C5H12N2O3S/c1-11(7,10)3-2-4(6)5(8)9/h3-4H,2,6H2,1H3,(H2,7,10)(H,8,9)/t4-,11?/m0/s1. The topological polar surface area (TPSA) is 106 Å². The Morgan fingerprint density at radius 3 is 2.55 bits per heavy atom. The van der Waals surface area contributed by atoms with Crippen molar-refractivity contribution in [3.8, 4) is 0 Å². The molecule has 1 unspecified atom stereocenters. The average Bonchev–Trinajstić information content (AvgIpc) is 1.80. The predicted octanol–water partition coefficient (Wildman–Crippen LogP) is -1.62. The van der Waals surface area contributed by atoms with Crippen LogP contribution in [0.1, 0.15) is 6.42 Å². The van der Waals surface area contributed by atoms with Crippen molar-refractivity contribution in [1.82, 2.24) is 0 Å². The monoisotopic (exact) mass is 180 g/mol. The van der Waals surface area contributed by atoms with Crippen LogP contribution in [0.4, 0.5) is 0 Å². The highest BCUT2D eigenvalue weighted by Crippen LogP contribution is 1.85. The third-order valence-corrected chi connectivity index (χ3v) is 1.85. The largest absolute Gasteiger partial charge is 0.480 e. The number of rotatable bonds is 3. The van der Waals surface area contributed by atoms with Crippen molar-refractivity contribution < 1.29 is 14.1 Å². The maximum Gasteiger partial charge on any atom is 0.320 e. The summed E-state index contributed by atoms with van der Waals surface area (Å²) in [6, 6.07) is -1.01. The van der Waals surface area contributed by atoms with E-state index in [1.807, 2.05) is 0 Å². The number of carboxylic acids is 1. The van der Waals surface area contributed by atoms with Crippen molar-refractivity contribution in [2.24, 2.45) is 10.9 Å². The van der Waals surface area contributed by atoms with Crippen LogP contribution >= 0.6 is 0 Å². The molecule has 0 saturated carbocycles. The van der Waals surface area contributed by atoms with Crippen molar-refractivity contribution in [1.29, 1.82) is 0 Å². The van der Waals surface area contributed by atoms with Crippen molar-refractivity contribution >= 4 is 21.0 Å². The lowest BCUT2D eigenvalue weighted by Gasteiger charge is -2.01. The van der Waals surface area contributed by atoms with Gasteiger partial charge in [0.1, 0.15) is 6.04 Å². The fourth-order valence-electron chi connectivity index (χ4n) is 0.396. The minimum atomic E-state index is -2.47. The summed E-state index contributed by atoms with van der Waals surface area (Å²) in [6.07, 6.45) is 1.35. The molecule has 5 nitrogen and oxygen atoms in total. The van der Waals surface area contributed by atoms with Gasteiger partial charge in [-0.25, -0.2) is 0 Å². The molecular weight excluding hydrogens is 168 g/mol. The lowest BCUT2D eigenvalue weighted by molar-refractivity contribution is -0.138. The van der Waals surface area contributed by atoms with E-state index in [0.717, 1.165) is 0 Å². The quantitative estimate of drug-likeness (QED) is 0.454. The molecule has 11 heavy (non-hydrogen) atoms. The van der Waals surface area contributed by atoms with Crippen LogP contribution in [0, 0.1) is 0 Å². The number of carbonyl (C=O) groups is 1. The molecule has 0 aliphatic carbocycles. The van der Waals surface area contributed by atoms with Gasteiger partial charge in [0.05, 0.1) is 0 Å². The first-order valence-electron chi connectivity index (χ1n) is 2.91. The Bertz CT molecular complexity index is 246. The van der Waals surface area contributed by atoms with Gasteiger partial charge in [0.25, 0.3) is 0 Å². The summed E-state index contributed by atoms with van der Waals surface area (Å²) in [5.74, 6) is -1.12. The number of hydrogen-bond acceptors (Lipinski definition) is 3. The Morgan fingerprint density at radius 2 is 2.27 bits per heavy atom. The van der Waals surface area contributed by atoms with Gasteiger partial charge < -0.3 is 10.8 Å². The molecule has 0 aromatic rings. The van der Waals surface area contributed by atoms with E-state index in [0.29, 0.717) is 0 Å². The summed E-state index contributed by atoms with van der Waals surface area (Å²) in [4.78, 5) is 10.1. The molecule has 0 rings (SSSR count). The summed E-state index contributed by atoms with van der Waals surface area (Å²) in [7, 11) is -2.47.